The summed E-state index contributed by atoms with van der Waals surface area (Å²) in [5.74, 6) is 1.86. The standard InChI is InChI=1S/C15H15FN2O3/c1-19-11-7-10(8-12-15(11)21-6-5-20-12)9-17-14-4-2-3-13(16)18-14/h2-4,7-8H,5-6,9H2,1H3,(H,17,18). The summed E-state index contributed by atoms with van der Waals surface area (Å²) in [5.41, 5.74) is 0.933. The third-order valence-electron chi connectivity index (χ3n) is 3.08. The van der Waals surface area contributed by atoms with Crippen molar-refractivity contribution in [3.63, 3.8) is 0 Å². The third-order valence-corrected chi connectivity index (χ3v) is 3.08. The monoisotopic (exact) mass is 290 g/mol. The van der Waals surface area contributed by atoms with Gasteiger partial charge in [0.25, 0.3) is 0 Å². The summed E-state index contributed by atoms with van der Waals surface area (Å²) in [5, 5.41) is 3.06. The molecule has 2 heterocycles. The minimum atomic E-state index is -0.514. The molecule has 1 aliphatic rings. The molecule has 0 unspecified atom stereocenters. The van der Waals surface area contributed by atoms with E-state index < -0.39 is 5.95 Å². The predicted molar refractivity (Wildman–Crippen MR) is 75.5 cm³/mol. The maximum Gasteiger partial charge on any atom is 0.214 e. The van der Waals surface area contributed by atoms with Crippen LogP contribution in [-0.2, 0) is 6.54 Å². The Hall–Kier alpha value is -2.50. The number of fused-ring (bicyclic) bond motifs is 1. The average molecular weight is 290 g/mol. The molecule has 0 saturated carbocycles. The fourth-order valence-corrected chi connectivity index (χ4v) is 2.13. The summed E-state index contributed by atoms with van der Waals surface area (Å²) in [7, 11) is 1.58. The zero-order chi connectivity index (χ0) is 14.7. The highest BCUT2D eigenvalue weighted by molar-refractivity contribution is 5.55. The molecule has 110 valence electrons. The molecule has 0 radical (unpaired) electrons. The summed E-state index contributed by atoms with van der Waals surface area (Å²) in [6.45, 7) is 1.50. The Labute approximate surface area is 121 Å². The van der Waals surface area contributed by atoms with E-state index in [1.807, 2.05) is 12.1 Å². The van der Waals surface area contributed by atoms with Gasteiger partial charge in [-0.3, -0.25) is 0 Å². The van der Waals surface area contributed by atoms with E-state index in [9.17, 15) is 4.39 Å². The van der Waals surface area contributed by atoms with E-state index in [0.717, 1.165) is 5.56 Å². The molecule has 2 aromatic rings. The van der Waals surface area contributed by atoms with Crippen LogP contribution in [0.1, 0.15) is 5.56 Å². The van der Waals surface area contributed by atoms with Crippen LogP contribution in [0.4, 0.5) is 10.2 Å². The molecule has 1 aliphatic heterocycles. The number of methoxy groups -OCH3 is 1. The number of nitrogens with zero attached hydrogens (tertiary/aromatic N) is 1. The van der Waals surface area contributed by atoms with Crippen molar-refractivity contribution in [3.8, 4) is 17.2 Å². The second-order valence-corrected chi connectivity index (χ2v) is 4.52. The Kier molecular flexibility index (Phi) is 3.77. The summed E-state index contributed by atoms with van der Waals surface area (Å²) >= 11 is 0. The summed E-state index contributed by atoms with van der Waals surface area (Å²) in [4.78, 5) is 3.75. The van der Waals surface area contributed by atoms with Gasteiger partial charge in [0.2, 0.25) is 11.7 Å². The van der Waals surface area contributed by atoms with E-state index in [1.165, 1.54) is 6.07 Å². The van der Waals surface area contributed by atoms with Crippen LogP contribution in [0.2, 0.25) is 0 Å². The number of hydrogen-bond donors (Lipinski definition) is 1. The lowest BCUT2D eigenvalue weighted by molar-refractivity contribution is 0.165. The third kappa shape index (κ3) is 2.99. The van der Waals surface area contributed by atoms with Crippen molar-refractivity contribution in [2.24, 2.45) is 0 Å². The van der Waals surface area contributed by atoms with Gasteiger partial charge < -0.3 is 19.5 Å². The number of ether oxygens (including phenoxy) is 3. The zero-order valence-electron chi connectivity index (χ0n) is 11.6. The number of nitrogens with one attached hydrogen (secondary N) is 1. The molecule has 1 aromatic heterocycles. The molecular weight excluding hydrogens is 275 g/mol. The lowest BCUT2D eigenvalue weighted by Crippen LogP contribution is -2.16. The number of benzene rings is 1. The fraction of sp³-hybridized carbons (Fsp3) is 0.267. The lowest BCUT2D eigenvalue weighted by atomic mass is 10.1. The minimum absolute atomic E-state index is 0.476. The van der Waals surface area contributed by atoms with Crippen LogP contribution < -0.4 is 19.5 Å². The Morgan fingerprint density at radius 3 is 2.95 bits per heavy atom. The Morgan fingerprint density at radius 1 is 1.29 bits per heavy atom. The van der Waals surface area contributed by atoms with Gasteiger partial charge >= 0.3 is 0 Å². The second kappa shape index (κ2) is 5.87. The van der Waals surface area contributed by atoms with Gasteiger partial charge in [-0.25, -0.2) is 4.98 Å². The normalized spacial score (nSPS) is 12.9. The van der Waals surface area contributed by atoms with Crippen LogP contribution in [-0.4, -0.2) is 25.3 Å². The van der Waals surface area contributed by atoms with Crippen LogP contribution in [0, 0.1) is 5.95 Å². The van der Waals surface area contributed by atoms with E-state index in [4.69, 9.17) is 14.2 Å². The van der Waals surface area contributed by atoms with Gasteiger partial charge in [-0.15, -0.1) is 0 Å². The molecule has 0 aliphatic carbocycles. The molecule has 0 spiro atoms. The molecule has 0 bridgehead atoms. The number of hydrogen-bond acceptors (Lipinski definition) is 5. The highest BCUT2D eigenvalue weighted by atomic mass is 19.1. The first-order chi connectivity index (χ1) is 10.3. The zero-order valence-corrected chi connectivity index (χ0v) is 11.6. The largest absolute Gasteiger partial charge is 0.493 e. The maximum absolute atomic E-state index is 13.0. The first-order valence-electron chi connectivity index (χ1n) is 6.59. The van der Waals surface area contributed by atoms with Crippen LogP contribution >= 0.6 is 0 Å². The minimum Gasteiger partial charge on any atom is -0.493 e. The number of rotatable bonds is 4. The molecule has 3 rings (SSSR count). The van der Waals surface area contributed by atoms with Gasteiger partial charge in [0.05, 0.1) is 7.11 Å². The number of anilines is 1. The van der Waals surface area contributed by atoms with E-state index in [2.05, 4.69) is 10.3 Å². The van der Waals surface area contributed by atoms with Gasteiger partial charge in [0.15, 0.2) is 11.5 Å². The van der Waals surface area contributed by atoms with Crippen LogP contribution in [0.5, 0.6) is 17.2 Å². The molecule has 1 aromatic carbocycles. The van der Waals surface area contributed by atoms with E-state index >= 15 is 0 Å². The van der Waals surface area contributed by atoms with Crippen LogP contribution in [0.3, 0.4) is 0 Å². The molecule has 0 fully saturated rings. The quantitative estimate of drug-likeness (QED) is 0.877. The van der Waals surface area contributed by atoms with Gasteiger partial charge in [-0.1, -0.05) is 6.07 Å². The van der Waals surface area contributed by atoms with Crippen LogP contribution in [0.25, 0.3) is 0 Å². The maximum atomic E-state index is 13.0. The number of aromatic nitrogens is 1. The average Bonchev–Trinajstić information content (AvgIpc) is 2.52. The number of halogens is 1. The molecule has 6 heteroatoms. The predicted octanol–water partition coefficient (Wildman–Crippen LogP) is 2.61. The Balaban J connectivity index is 1.79. The molecule has 21 heavy (non-hydrogen) atoms. The molecule has 0 atom stereocenters. The van der Waals surface area contributed by atoms with Crippen molar-refractivity contribution in [1.82, 2.24) is 4.98 Å². The van der Waals surface area contributed by atoms with Crippen molar-refractivity contribution in [2.45, 2.75) is 6.54 Å². The van der Waals surface area contributed by atoms with E-state index in [1.54, 1.807) is 19.2 Å². The molecule has 1 N–H and O–H groups in total. The Morgan fingerprint density at radius 2 is 2.14 bits per heavy atom. The molecule has 5 nitrogen and oxygen atoms in total. The van der Waals surface area contributed by atoms with Gasteiger partial charge in [-0.05, 0) is 29.8 Å². The molecule has 0 amide bonds. The molecular formula is C15H15FN2O3. The van der Waals surface area contributed by atoms with Crippen molar-refractivity contribution < 1.29 is 18.6 Å². The van der Waals surface area contributed by atoms with Crippen molar-refractivity contribution in [2.75, 3.05) is 25.6 Å². The van der Waals surface area contributed by atoms with Gasteiger partial charge in [0, 0.05) is 6.54 Å². The first-order valence-corrected chi connectivity index (χ1v) is 6.59. The van der Waals surface area contributed by atoms with Crippen molar-refractivity contribution >= 4 is 5.82 Å². The highest BCUT2D eigenvalue weighted by Gasteiger charge is 2.18. The summed E-state index contributed by atoms with van der Waals surface area (Å²) in [6.07, 6.45) is 0. The van der Waals surface area contributed by atoms with Crippen molar-refractivity contribution in [1.29, 1.82) is 0 Å². The lowest BCUT2D eigenvalue weighted by Gasteiger charge is -2.21. The number of pyridine rings is 1. The van der Waals surface area contributed by atoms with Gasteiger partial charge in [-0.2, -0.15) is 4.39 Å². The van der Waals surface area contributed by atoms with Gasteiger partial charge in [0.1, 0.15) is 19.0 Å². The topological polar surface area (TPSA) is 52.6 Å². The summed E-state index contributed by atoms with van der Waals surface area (Å²) in [6, 6.07) is 8.36. The SMILES string of the molecule is COc1cc(CNc2cccc(F)n2)cc2c1OCCO2. The van der Waals surface area contributed by atoms with Crippen LogP contribution in [0.15, 0.2) is 30.3 Å². The first kappa shape index (κ1) is 13.5. The second-order valence-electron chi connectivity index (χ2n) is 4.52. The highest BCUT2D eigenvalue weighted by Crippen LogP contribution is 2.40. The Bertz CT molecular complexity index is 632. The van der Waals surface area contributed by atoms with E-state index in [-0.39, 0.29) is 0 Å². The van der Waals surface area contributed by atoms with Crippen molar-refractivity contribution in [3.05, 3.63) is 41.8 Å². The smallest absolute Gasteiger partial charge is 0.214 e. The summed E-state index contributed by atoms with van der Waals surface area (Å²) < 4.78 is 29.5. The molecule has 0 saturated heterocycles. The van der Waals surface area contributed by atoms with E-state index in [0.29, 0.717) is 42.8 Å². The fourth-order valence-electron chi connectivity index (χ4n) is 2.13.